The highest BCUT2D eigenvalue weighted by Gasteiger charge is 2.23. The minimum Gasteiger partial charge on any atom is -0.338 e. The molecule has 1 aromatic carbocycles. The Kier molecular flexibility index (Phi) is 3.29. The van der Waals surface area contributed by atoms with Gasteiger partial charge in [0.05, 0.1) is 6.04 Å². The van der Waals surface area contributed by atoms with Gasteiger partial charge in [-0.2, -0.15) is 4.91 Å². The third-order valence-electron chi connectivity index (χ3n) is 2.92. The van der Waals surface area contributed by atoms with Crippen LogP contribution in [-0.2, 0) is 0 Å². The van der Waals surface area contributed by atoms with Crippen LogP contribution in [0.25, 0.3) is 0 Å². The summed E-state index contributed by atoms with van der Waals surface area (Å²) < 4.78 is 0. The molecule has 4 nitrogen and oxygen atoms in total. The normalized spacial score (nSPS) is 17.1. The van der Waals surface area contributed by atoms with Crippen LogP contribution in [0.5, 0.6) is 0 Å². The van der Waals surface area contributed by atoms with Crippen LogP contribution >= 0.6 is 0 Å². The molecule has 0 aromatic heterocycles. The van der Waals surface area contributed by atoms with Gasteiger partial charge in [-0.15, -0.1) is 0 Å². The largest absolute Gasteiger partial charge is 0.338 e. The lowest BCUT2D eigenvalue weighted by Crippen LogP contribution is -2.39. The van der Waals surface area contributed by atoms with Crippen molar-refractivity contribution in [2.24, 2.45) is 5.18 Å². The minimum absolute atomic E-state index is 0.0462. The summed E-state index contributed by atoms with van der Waals surface area (Å²) in [6.45, 7) is 1.26. The average Bonchev–Trinajstić information content (AvgIpc) is 2.39. The first kappa shape index (κ1) is 10.8. The van der Waals surface area contributed by atoms with E-state index in [1.807, 2.05) is 30.3 Å². The van der Waals surface area contributed by atoms with Gasteiger partial charge in [-0.25, -0.2) is 0 Å². The third kappa shape index (κ3) is 2.27. The van der Waals surface area contributed by atoms with Gasteiger partial charge in [-0.1, -0.05) is 23.4 Å². The molecule has 0 saturated carbocycles. The molecule has 16 heavy (non-hydrogen) atoms. The van der Waals surface area contributed by atoms with Crippen LogP contribution in [0.15, 0.2) is 35.5 Å². The van der Waals surface area contributed by atoms with E-state index in [0.717, 1.165) is 0 Å². The molecule has 1 amide bonds. The summed E-state index contributed by atoms with van der Waals surface area (Å²) in [5, 5.41) is 3.03. The Labute approximate surface area is 94.2 Å². The maximum Gasteiger partial charge on any atom is 0.253 e. The number of benzene rings is 1. The van der Waals surface area contributed by atoms with Gasteiger partial charge in [0.25, 0.3) is 5.91 Å². The lowest BCUT2D eigenvalue weighted by Gasteiger charge is -2.29. The molecule has 0 atom stereocenters. The number of piperidine rings is 1. The van der Waals surface area contributed by atoms with E-state index in [-0.39, 0.29) is 11.9 Å². The highest BCUT2D eigenvalue weighted by atomic mass is 16.3. The van der Waals surface area contributed by atoms with E-state index in [0.29, 0.717) is 31.5 Å². The maximum absolute atomic E-state index is 12.0. The summed E-state index contributed by atoms with van der Waals surface area (Å²) in [7, 11) is 0. The van der Waals surface area contributed by atoms with Gasteiger partial charge in [0.2, 0.25) is 0 Å². The molecule has 1 aliphatic rings. The van der Waals surface area contributed by atoms with Crippen molar-refractivity contribution in [3.05, 3.63) is 40.8 Å². The second-order valence-electron chi connectivity index (χ2n) is 3.99. The fourth-order valence-corrected chi connectivity index (χ4v) is 1.94. The molecule has 0 unspecified atom stereocenters. The van der Waals surface area contributed by atoms with E-state index in [9.17, 15) is 9.70 Å². The number of carbonyl (C=O) groups is 1. The van der Waals surface area contributed by atoms with E-state index in [2.05, 4.69) is 5.18 Å². The van der Waals surface area contributed by atoms with Crippen molar-refractivity contribution in [1.29, 1.82) is 0 Å². The van der Waals surface area contributed by atoms with Crippen LogP contribution < -0.4 is 0 Å². The first-order valence-electron chi connectivity index (χ1n) is 5.48. The predicted octanol–water partition coefficient (Wildman–Crippen LogP) is 2.06. The number of hydrogen-bond acceptors (Lipinski definition) is 3. The van der Waals surface area contributed by atoms with Crippen molar-refractivity contribution in [1.82, 2.24) is 4.90 Å². The van der Waals surface area contributed by atoms with Crippen LogP contribution in [0.3, 0.4) is 0 Å². The van der Waals surface area contributed by atoms with Crippen molar-refractivity contribution in [3.63, 3.8) is 0 Å². The molecule has 1 saturated heterocycles. The molecule has 0 radical (unpaired) electrons. The van der Waals surface area contributed by atoms with Crippen LogP contribution in [0.1, 0.15) is 23.2 Å². The van der Waals surface area contributed by atoms with Crippen molar-refractivity contribution in [3.8, 4) is 0 Å². The quantitative estimate of drug-likeness (QED) is 0.713. The van der Waals surface area contributed by atoms with Gasteiger partial charge in [-0.05, 0) is 25.0 Å². The van der Waals surface area contributed by atoms with Gasteiger partial charge in [0.1, 0.15) is 0 Å². The lowest BCUT2D eigenvalue weighted by molar-refractivity contribution is 0.0715. The number of likely N-dealkylation sites (tertiary alicyclic amines) is 1. The summed E-state index contributed by atoms with van der Waals surface area (Å²) >= 11 is 0. The zero-order chi connectivity index (χ0) is 11.4. The molecule has 2 rings (SSSR count). The van der Waals surface area contributed by atoms with Gasteiger partial charge in [-0.3, -0.25) is 4.79 Å². The van der Waals surface area contributed by atoms with Gasteiger partial charge in [0.15, 0.2) is 0 Å². The molecule has 0 aliphatic carbocycles. The second kappa shape index (κ2) is 4.88. The molecule has 84 valence electrons. The zero-order valence-corrected chi connectivity index (χ0v) is 9.00. The average molecular weight is 218 g/mol. The standard InChI is InChI=1S/C12H14N2O2/c15-12(10-4-2-1-3-5-10)14-8-6-11(13-16)7-9-14/h1-5,11H,6-9H2. The molecule has 0 spiro atoms. The monoisotopic (exact) mass is 218 g/mol. The molecule has 4 heteroatoms. The van der Waals surface area contributed by atoms with Crippen molar-refractivity contribution >= 4 is 5.91 Å². The molecular weight excluding hydrogens is 204 g/mol. The summed E-state index contributed by atoms with van der Waals surface area (Å²) in [5.41, 5.74) is 0.708. The molecule has 0 bridgehead atoms. The Bertz CT molecular complexity index is 370. The van der Waals surface area contributed by atoms with Gasteiger partial charge >= 0.3 is 0 Å². The van der Waals surface area contributed by atoms with Crippen LogP contribution in [0.2, 0.25) is 0 Å². The molecule has 1 aromatic rings. The Morgan fingerprint density at radius 2 is 1.81 bits per heavy atom. The number of hydrogen-bond donors (Lipinski definition) is 0. The van der Waals surface area contributed by atoms with Gasteiger partial charge in [0, 0.05) is 18.7 Å². The molecule has 1 fully saturated rings. The molecule has 1 heterocycles. The van der Waals surface area contributed by atoms with E-state index in [1.54, 1.807) is 4.90 Å². The maximum atomic E-state index is 12.0. The lowest BCUT2D eigenvalue weighted by atomic mass is 10.0. The minimum atomic E-state index is -0.111. The van der Waals surface area contributed by atoms with Crippen LogP contribution in [-0.4, -0.2) is 29.9 Å². The van der Waals surface area contributed by atoms with E-state index in [4.69, 9.17) is 0 Å². The molecule has 1 aliphatic heterocycles. The topological polar surface area (TPSA) is 49.7 Å². The highest BCUT2D eigenvalue weighted by Crippen LogP contribution is 2.15. The summed E-state index contributed by atoms with van der Waals surface area (Å²) in [4.78, 5) is 24.2. The van der Waals surface area contributed by atoms with Crippen LogP contribution in [0, 0.1) is 4.91 Å². The van der Waals surface area contributed by atoms with Gasteiger partial charge < -0.3 is 4.90 Å². The van der Waals surface area contributed by atoms with Crippen LogP contribution in [0.4, 0.5) is 0 Å². The molecule has 0 N–H and O–H groups in total. The third-order valence-corrected chi connectivity index (χ3v) is 2.92. The number of carbonyl (C=O) groups excluding carboxylic acids is 1. The van der Waals surface area contributed by atoms with Crippen molar-refractivity contribution in [2.75, 3.05) is 13.1 Å². The number of nitroso groups, excluding NO2 is 1. The summed E-state index contributed by atoms with van der Waals surface area (Å²) in [6, 6.07) is 9.11. The second-order valence-corrected chi connectivity index (χ2v) is 3.99. The van der Waals surface area contributed by atoms with Crippen molar-refractivity contribution in [2.45, 2.75) is 18.9 Å². The van der Waals surface area contributed by atoms with E-state index in [1.165, 1.54) is 0 Å². The molecular formula is C12H14N2O2. The highest BCUT2D eigenvalue weighted by molar-refractivity contribution is 5.94. The predicted molar refractivity (Wildman–Crippen MR) is 61.2 cm³/mol. The number of amides is 1. The number of rotatable bonds is 2. The van der Waals surface area contributed by atoms with E-state index < -0.39 is 0 Å². The fraction of sp³-hybridized carbons (Fsp3) is 0.417. The van der Waals surface area contributed by atoms with E-state index >= 15 is 0 Å². The Hall–Kier alpha value is -1.71. The Morgan fingerprint density at radius 3 is 2.38 bits per heavy atom. The van der Waals surface area contributed by atoms with Crippen molar-refractivity contribution < 1.29 is 4.79 Å². The Balaban J connectivity index is 1.99. The smallest absolute Gasteiger partial charge is 0.253 e. The fourth-order valence-electron chi connectivity index (χ4n) is 1.94. The Morgan fingerprint density at radius 1 is 1.19 bits per heavy atom. The zero-order valence-electron chi connectivity index (χ0n) is 9.00. The first-order valence-corrected chi connectivity index (χ1v) is 5.48. The SMILES string of the molecule is O=NC1CCN(C(=O)c2ccccc2)CC1. The number of nitrogens with zero attached hydrogens (tertiary/aromatic N) is 2. The summed E-state index contributed by atoms with van der Waals surface area (Å²) in [5.74, 6) is 0.0462. The summed E-state index contributed by atoms with van der Waals surface area (Å²) in [6.07, 6.45) is 1.37. The first-order chi connectivity index (χ1) is 7.81.